The summed E-state index contributed by atoms with van der Waals surface area (Å²) in [6.07, 6.45) is 0.975. The van der Waals surface area contributed by atoms with Gasteiger partial charge in [-0.2, -0.15) is 0 Å². The van der Waals surface area contributed by atoms with E-state index in [1.165, 1.54) is 5.56 Å². The first kappa shape index (κ1) is 18.3. The molecule has 0 aliphatic carbocycles. The van der Waals surface area contributed by atoms with Crippen molar-refractivity contribution in [3.8, 4) is 22.9 Å². The van der Waals surface area contributed by atoms with Crippen LogP contribution in [0.3, 0.4) is 0 Å². The van der Waals surface area contributed by atoms with E-state index in [-0.39, 0.29) is 0 Å². The van der Waals surface area contributed by atoms with Crippen LogP contribution in [0.5, 0.6) is 11.5 Å². The quantitative estimate of drug-likeness (QED) is 0.554. The van der Waals surface area contributed by atoms with Gasteiger partial charge in [-0.3, -0.25) is 0 Å². The molecular weight excluding hydrogens is 346 g/mol. The lowest BCUT2D eigenvalue weighted by Gasteiger charge is -2.08. The second kappa shape index (κ2) is 8.76. The third-order valence-electron chi connectivity index (χ3n) is 4.16. The van der Waals surface area contributed by atoms with Crippen LogP contribution < -0.4 is 9.47 Å². The first-order valence-corrected chi connectivity index (χ1v) is 9.57. The Morgan fingerprint density at radius 2 is 1.50 bits per heavy atom. The molecule has 5 nitrogen and oxygen atoms in total. The van der Waals surface area contributed by atoms with Gasteiger partial charge in [-0.05, 0) is 55.3 Å². The van der Waals surface area contributed by atoms with Crippen LogP contribution in [0.15, 0.2) is 53.7 Å². The topological polar surface area (TPSA) is 49.2 Å². The first-order chi connectivity index (χ1) is 12.7. The maximum Gasteiger partial charge on any atom is 0.191 e. The Morgan fingerprint density at radius 3 is 2.08 bits per heavy atom. The van der Waals surface area contributed by atoms with Crippen molar-refractivity contribution in [2.45, 2.75) is 25.0 Å². The molecule has 0 atom stereocenters. The fraction of sp³-hybridized carbons (Fsp3) is 0.300. The number of thioether (sulfide) groups is 1. The molecule has 0 N–H and O–H groups in total. The number of ether oxygens (including phenoxy) is 2. The minimum Gasteiger partial charge on any atom is -0.497 e. The molecule has 0 aliphatic heterocycles. The maximum atomic E-state index is 5.22. The number of aromatic nitrogens is 3. The van der Waals surface area contributed by atoms with Gasteiger partial charge in [-0.15, -0.1) is 10.2 Å². The van der Waals surface area contributed by atoms with Crippen LogP contribution in [0.25, 0.3) is 11.4 Å². The summed E-state index contributed by atoms with van der Waals surface area (Å²) in [6, 6.07) is 16.1. The highest BCUT2D eigenvalue weighted by Gasteiger charge is 2.13. The van der Waals surface area contributed by atoms with Gasteiger partial charge in [0.1, 0.15) is 11.5 Å². The van der Waals surface area contributed by atoms with E-state index < -0.39 is 0 Å². The average Bonchev–Trinajstić information content (AvgIpc) is 3.11. The van der Waals surface area contributed by atoms with E-state index in [0.717, 1.165) is 46.8 Å². The van der Waals surface area contributed by atoms with E-state index in [1.54, 1.807) is 26.0 Å². The summed E-state index contributed by atoms with van der Waals surface area (Å²) in [5, 5.41) is 9.74. The molecule has 136 valence electrons. The smallest absolute Gasteiger partial charge is 0.191 e. The van der Waals surface area contributed by atoms with Crippen molar-refractivity contribution >= 4 is 11.8 Å². The highest BCUT2D eigenvalue weighted by atomic mass is 32.2. The van der Waals surface area contributed by atoms with Gasteiger partial charge in [0.15, 0.2) is 11.0 Å². The molecule has 0 saturated carbocycles. The molecule has 1 aromatic heterocycles. The zero-order valence-electron chi connectivity index (χ0n) is 15.3. The summed E-state index contributed by atoms with van der Waals surface area (Å²) in [5.74, 6) is 3.57. The van der Waals surface area contributed by atoms with Crippen LogP contribution >= 0.6 is 11.8 Å². The summed E-state index contributed by atoms with van der Waals surface area (Å²) in [5.41, 5.74) is 2.33. The van der Waals surface area contributed by atoms with Gasteiger partial charge in [0, 0.05) is 17.9 Å². The standard InChI is InChI=1S/C20H23N3O2S/c1-4-23-19(16-7-11-18(25-3)12-8-16)21-22-20(23)26-14-13-15-5-9-17(24-2)10-6-15/h5-12H,4,13-14H2,1-3H3. The van der Waals surface area contributed by atoms with Gasteiger partial charge >= 0.3 is 0 Å². The maximum absolute atomic E-state index is 5.22. The van der Waals surface area contributed by atoms with E-state index in [0.29, 0.717) is 0 Å². The Bertz CT molecular complexity index is 829. The average molecular weight is 369 g/mol. The van der Waals surface area contributed by atoms with Crippen molar-refractivity contribution < 1.29 is 9.47 Å². The Kier molecular flexibility index (Phi) is 6.17. The number of hydrogen-bond donors (Lipinski definition) is 0. The van der Waals surface area contributed by atoms with Crippen molar-refractivity contribution in [1.29, 1.82) is 0 Å². The van der Waals surface area contributed by atoms with Crippen LogP contribution in [0.4, 0.5) is 0 Å². The van der Waals surface area contributed by atoms with Crippen LogP contribution in [0, 0.1) is 0 Å². The Hall–Kier alpha value is -2.47. The largest absolute Gasteiger partial charge is 0.497 e. The lowest BCUT2D eigenvalue weighted by atomic mass is 10.2. The second-order valence-corrected chi connectivity index (χ2v) is 6.79. The molecule has 0 fully saturated rings. The van der Waals surface area contributed by atoms with E-state index in [9.17, 15) is 0 Å². The lowest BCUT2D eigenvalue weighted by Crippen LogP contribution is -2.00. The molecule has 1 heterocycles. The highest BCUT2D eigenvalue weighted by Crippen LogP contribution is 2.26. The van der Waals surface area contributed by atoms with Gasteiger partial charge in [-0.25, -0.2) is 0 Å². The summed E-state index contributed by atoms with van der Waals surface area (Å²) >= 11 is 1.73. The fourth-order valence-corrected chi connectivity index (χ4v) is 3.68. The normalized spacial score (nSPS) is 10.7. The summed E-state index contributed by atoms with van der Waals surface area (Å²) in [7, 11) is 3.35. The molecule has 0 bridgehead atoms. The van der Waals surface area contributed by atoms with Crippen molar-refractivity contribution in [1.82, 2.24) is 14.8 Å². The van der Waals surface area contributed by atoms with Crippen molar-refractivity contribution in [3.63, 3.8) is 0 Å². The number of nitrogens with zero attached hydrogens (tertiary/aromatic N) is 3. The molecule has 0 saturated heterocycles. The van der Waals surface area contributed by atoms with Crippen molar-refractivity contribution in [2.24, 2.45) is 0 Å². The zero-order chi connectivity index (χ0) is 18.4. The molecular formula is C20H23N3O2S. The Balaban J connectivity index is 1.67. The monoisotopic (exact) mass is 369 g/mol. The molecule has 2 aromatic carbocycles. The number of rotatable bonds is 8. The van der Waals surface area contributed by atoms with E-state index >= 15 is 0 Å². The fourth-order valence-electron chi connectivity index (χ4n) is 2.69. The Labute approximate surface area is 158 Å². The predicted octanol–water partition coefficient (Wildman–Crippen LogP) is 4.32. The molecule has 26 heavy (non-hydrogen) atoms. The minimum absolute atomic E-state index is 0.833. The molecule has 0 radical (unpaired) electrons. The van der Waals surface area contributed by atoms with Gasteiger partial charge in [-0.1, -0.05) is 23.9 Å². The Morgan fingerprint density at radius 1 is 0.885 bits per heavy atom. The second-order valence-electron chi connectivity index (χ2n) is 5.73. The van der Waals surface area contributed by atoms with Gasteiger partial charge in [0.25, 0.3) is 0 Å². The molecule has 3 rings (SSSR count). The van der Waals surface area contributed by atoms with E-state index in [2.05, 4.69) is 33.8 Å². The van der Waals surface area contributed by atoms with Gasteiger partial charge in [0.05, 0.1) is 14.2 Å². The number of benzene rings is 2. The van der Waals surface area contributed by atoms with Crippen LogP contribution in [-0.2, 0) is 13.0 Å². The molecule has 3 aromatic rings. The highest BCUT2D eigenvalue weighted by molar-refractivity contribution is 7.99. The third kappa shape index (κ3) is 4.19. The van der Waals surface area contributed by atoms with Gasteiger partial charge < -0.3 is 14.0 Å². The summed E-state index contributed by atoms with van der Waals surface area (Å²) in [4.78, 5) is 0. The number of hydrogen-bond acceptors (Lipinski definition) is 5. The van der Waals surface area contributed by atoms with Crippen LogP contribution in [0.2, 0.25) is 0 Å². The van der Waals surface area contributed by atoms with Crippen molar-refractivity contribution in [3.05, 3.63) is 54.1 Å². The third-order valence-corrected chi connectivity index (χ3v) is 5.13. The van der Waals surface area contributed by atoms with E-state index in [4.69, 9.17) is 9.47 Å². The van der Waals surface area contributed by atoms with Crippen LogP contribution in [-0.4, -0.2) is 34.7 Å². The molecule has 0 unspecified atom stereocenters. The minimum atomic E-state index is 0.833. The number of methoxy groups -OCH3 is 2. The van der Waals surface area contributed by atoms with Gasteiger partial charge in [0.2, 0.25) is 0 Å². The lowest BCUT2D eigenvalue weighted by molar-refractivity contribution is 0.414. The molecule has 0 aliphatic rings. The van der Waals surface area contributed by atoms with Crippen LogP contribution in [0.1, 0.15) is 12.5 Å². The van der Waals surface area contributed by atoms with E-state index in [1.807, 2.05) is 36.4 Å². The number of aryl methyl sites for hydroxylation is 1. The first-order valence-electron chi connectivity index (χ1n) is 8.58. The molecule has 6 heteroatoms. The SMILES string of the molecule is CCn1c(SCCc2ccc(OC)cc2)nnc1-c1ccc(OC)cc1. The summed E-state index contributed by atoms with van der Waals surface area (Å²) < 4.78 is 12.6. The zero-order valence-corrected chi connectivity index (χ0v) is 16.1. The van der Waals surface area contributed by atoms with Crippen molar-refractivity contribution in [2.75, 3.05) is 20.0 Å². The molecule has 0 amide bonds. The summed E-state index contributed by atoms with van der Waals surface area (Å²) in [6.45, 7) is 2.95. The molecule has 0 spiro atoms. The predicted molar refractivity (Wildman–Crippen MR) is 105 cm³/mol.